The van der Waals surface area contributed by atoms with Crippen LogP contribution in [-0.4, -0.2) is 15.3 Å². The molecule has 126 valence electrons. The third-order valence-electron chi connectivity index (χ3n) is 3.81. The van der Waals surface area contributed by atoms with Gasteiger partial charge in [-0.1, -0.05) is 6.07 Å². The number of nitro benzene ring substituents is 1. The van der Waals surface area contributed by atoms with E-state index < -0.39 is 4.92 Å². The van der Waals surface area contributed by atoms with Gasteiger partial charge in [0.1, 0.15) is 0 Å². The van der Waals surface area contributed by atoms with Crippen molar-refractivity contribution in [3.05, 3.63) is 85.9 Å². The highest BCUT2D eigenvalue weighted by Gasteiger charge is 2.11. The predicted molar refractivity (Wildman–Crippen MR) is 99.6 cm³/mol. The van der Waals surface area contributed by atoms with Gasteiger partial charge in [-0.25, -0.2) is 0 Å². The molecule has 0 spiro atoms. The molecule has 3 aromatic rings. The number of non-ortho nitro benzene ring substituents is 1. The Bertz CT molecular complexity index is 982. The number of aryl methyl sites for hydroxylation is 2. The fraction of sp³-hybridized carbons (Fsp3) is 0.105. The molecule has 25 heavy (non-hydrogen) atoms. The summed E-state index contributed by atoms with van der Waals surface area (Å²) in [5.41, 5.74) is 2.20. The first-order chi connectivity index (χ1) is 12.0. The number of carbonyl (C=O) groups excluding carboxylic acids is 1. The maximum atomic E-state index is 12.4. The van der Waals surface area contributed by atoms with Crippen LogP contribution < -0.4 is 0 Å². The second-order valence-corrected chi connectivity index (χ2v) is 7.06. The van der Waals surface area contributed by atoms with Crippen molar-refractivity contribution in [2.75, 3.05) is 0 Å². The van der Waals surface area contributed by atoms with Crippen molar-refractivity contribution >= 4 is 28.9 Å². The number of benzene rings is 1. The lowest BCUT2D eigenvalue weighted by Crippen LogP contribution is -1.98. The Labute approximate surface area is 149 Å². The van der Waals surface area contributed by atoms with Gasteiger partial charge < -0.3 is 4.57 Å². The smallest absolute Gasteiger partial charge is 0.271 e. The summed E-state index contributed by atoms with van der Waals surface area (Å²) in [7, 11) is 0. The van der Waals surface area contributed by atoms with E-state index in [1.807, 2.05) is 42.8 Å². The van der Waals surface area contributed by atoms with Crippen molar-refractivity contribution < 1.29 is 9.72 Å². The van der Waals surface area contributed by atoms with Gasteiger partial charge in [0.25, 0.3) is 5.69 Å². The molecule has 1 aromatic carbocycles. The predicted octanol–water partition coefficient (Wildman–Crippen LogP) is 4.96. The minimum atomic E-state index is -0.423. The summed E-state index contributed by atoms with van der Waals surface area (Å²) in [6.07, 6.45) is 5.08. The molecule has 3 rings (SSSR count). The fourth-order valence-corrected chi connectivity index (χ4v) is 3.58. The normalized spacial score (nSPS) is 11.1. The van der Waals surface area contributed by atoms with Gasteiger partial charge in [0, 0.05) is 39.3 Å². The number of nitrogens with zero attached hydrogens (tertiary/aromatic N) is 2. The molecule has 0 atom stereocenters. The maximum Gasteiger partial charge on any atom is 0.271 e. The van der Waals surface area contributed by atoms with Gasteiger partial charge in [0.2, 0.25) is 0 Å². The van der Waals surface area contributed by atoms with Gasteiger partial charge in [-0.3, -0.25) is 14.9 Å². The second-order valence-electron chi connectivity index (χ2n) is 5.60. The van der Waals surface area contributed by atoms with Crippen LogP contribution in [0.2, 0.25) is 0 Å². The van der Waals surface area contributed by atoms with Crippen LogP contribution in [0.5, 0.6) is 0 Å². The molecule has 0 aliphatic rings. The van der Waals surface area contributed by atoms with Gasteiger partial charge in [0.15, 0.2) is 5.78 Å². The molecule has 0 saturated carbocycles. The van der Waals surface area contributed by atoms with E-state index in [0.717, 1.165) is 15.4 Å². The summed E-state index contributed by atoms with van der Waals surface area (Å²) in [5.74, 6) is -0.0476. The van der Waals surface area contributed by atoms with E-state index in [1.165, 1.54) is 18.2 Å². The Morgan fingerprint density at radius 2 is 2.00 bits per heavy atom. The second kappa shape index (κ2) is 6.86. The van der Waals surface area contributed by atoms with Crippen molar-refractivity contribution in [1.82, 2.24) is 4.57 Å². The number of hydrogen-bond acceptors (Lipinski definition) is 4. The molecule has 6 heteroatoms. The number of carbonyl (C=O) groups is 1. The van der Waals surface area contributed by atoms with Crippen LogP contribution >= 0.6 is 11.3 Å². The lowest BCUT2D eigenvalue weighted by molar-refractivity contribution is -0.384. The Kier molecular flexibility index (Phi) is 4.63. The highest BCUT2D eigenvalue weighted by Crippen LogP contribution is 2.22. The van der Waals surface area contributed by atoms with Crippen molar-refractivity contribution in [3.63, 3.8) is 0 Å². The first kappa shape index (κ1) is 16.9. The monoisotopic (exact) mass is 352 g/mol. The van der Waals surface area contributed by atoms with Crippen LogP contribution in [0.3, 0.4) is 0 Å². The number of aromatic nitrogens is 1. The SMILES string of the molecule is Cc1cc(C(=O)/C=C/c2cccn2-c2cccc([N+](=O)[O-])c2)c(C)s1. The number of hydrogen-bond donors (Lipinski definition) is 0. The zero-order chi connectivity index (χ0) is 18.0. The molecule has 0 bridgehead atoms. The number of ketones is 1. The Morgan fingerprint density at radius 1 is 1.20 bits per heavy atom. The molecule has 0 amide bonds. The molecule has 5 nitrogen and oxygen atoms in total. The van der Waals surface area contributed by atoms with E-state index in [4.69, 9.17) is 0 Å². The zero-order valence-corrected chi connectivity index (χ0v) is 14.6. The molecular formula is C19H16N2O3S. The van der Waals surface area contributed by atoms with Crippen molar-refractivity contribution in [1.29, 1.82) is 0 Å². The van der Waals surface area contributed by atoms with Crippen LogP contribution in [0.15, 0.2) is 54.7 Å². The fourth-order valence-electron chi connectivity index (χ4n) is 2.65. The standard InChI is InChI=1S/C19H16N2O3S/c1-13-11-18(14(2)25-13)19(22)9-8-15-7-4-10-20(15)16-5-3-6-17(12-16)21(23)24/h3-12H,1-2H3/b9-8+. The van der Waals surface area contributed by atoms with Crippen LogP contribution in [-0.2, 0) is 0 Å². The molecule has 0 saturated heterocycles. The highest BCUT2D eigenvalue weighted by molar-refractivity contribution is 7.12. The van der Waals surface area contributed by atoms with Gasteiger partial charge in [0.05, 0.1) is 10.6 Å². The summed E-state index contributed by atoms with van der Waals surface area (Å²) in [6.45, 7) is 3.91. The van der Waals surface area contributed by atoms with E-state index in [-0.39, 0.29) is 11.5 Å². The first-order valence-electron chi connectivity index (χ1n) is 7.67. The minimum absolute atomic E-state index is 0.0292. The van der Waals surface area contributed by atoms with E-state index in [9.17, 15) is 14.9 Å². The third kappa shape index (κ3) is 3.59. The molecule has 0 N–H and O–H groups in total. The zero-order valence-electron chi connectivity index (χ0n) is 13.8. The molecule has 0 aliphatic heterocycles. The Hall–Kier alpha value is -2.99. The van der Waals surface area contributed by atoms with E-state index in [2.05, 4.69) is 0 Å². The van der Waals surface area contributed by atoms with Crippen molar-refractivity contribution in [3.8, 4) is 5.69 Å². The van der Waals surface area contributed by atoms with E-state index >= 15 is 0 Å². The number of thiophene rings is 1. The first-order valence-corrected chi connectivity index (χ1v) is 8.49. The van der Waals surface area contributed by atoms with Crippen molar-refractivity contribution in [2.24, 2.45) is 0 Å². The summed E-state index contributed by atoms with van der Waals surface area (Å²) < 4.78 is 1.81. The van der Waals surface area contributed by atoms with Crippen molar-refractivity contribution in [2.45, 2.75) is 13.8 Å². The molecule has 0 unspecified atom stereocenters. The van der Waals surface area contributed by atoms with Crippen LogP contribution in [0, 0.1) is 24.0 Å². The lowest BCUT2D eigenvalue weighted by Gasteiger charge is -2.06. The van der Waals surface area contributed by atoms with E-state index in [0.29, 0.717) is 11.3 Å². The van der Waals surface area contributed by atoms with Gasteiger partial charge in [-0.05, 0) is 50.3 Å². The summed E-state index contributed by atoms with van der Waals surface area (Å²) in [6, 6.07) is 12.0. The quantitative estimate of drug-likeness (QED) is 0.282. The topological polar surface area (TPSA) is 65.1 Å². The molecule has 2 aromatic heterocycles. The summed E-state index contributed by atoms with van der Waals surface area (Å²) in [5, 5.41) is 11.0. The van der Waals surface area contributed by atoms with E-state index in [1.54, 1.807) is 29.5 Å². The highest BCUT2D eigenvalue weighted by atomic mass is 32.1. The van der Waals surface area contributed by atoms with Gasteiger partial charge in [-0.2, -0.15) is 0 Å². The molecule has 2 heterocycles. The number of nitro groups is 1. The Morgan fingerprint density at radius 3 is 2.68 bits per heavy atom. The van der Waals surface area contributed by atoms with Crippen LogP contribution in [0.4, 0.5) is 5.69 Å². The summed E-state index contributed by atoms with van der Waals surface area (Å²) in [4.78, 5) is 25.0. The lowest BCUT2D eigenvalue weighted by atomic mass is 10.1. The average molecular weight is 352 g/mol. The molecule has 0 aliphatic carbocycles. The molecule has 0 radical (unpaired) electrons. The Balaban J connectivity index is 1.89. The largest absolute Gasteiger partial charge is 0.317 e. The molecular weight excluding hydrogens is 336 g/mol. The van der Waals surface area contributed by atoms with Crippen LogP contribution in [0.25, 0.3) is 11.8 Å². The average Bonchev–Trinajstić information content (AvgIpc) is 3.18. The maximum absolute atomic E-state index is 12.4. The third-order valence-corrected chi connectivity index (χ3v) is 4.78. The van der Waals surface area contributed by atoms with Crippen LogP contribution in [0.1, 0.15) is 25.8 Å². The van der Waals surface area contributed by atoms with Gasteiger partial charge >= 0.3 is 0 Å². The number of allylic oxidation sites excluding steroid dienone is 1. The summed E-state index contributed by atoms with van der Waals surface area (Å²) >= 11 is 1.60. The molecule has 0 fully saturated rings. The minimum Gasteiger partial charge on any atom is -0.317 e. The van der Waals surface area contributed by atoms with Gasteiger partial charge in [-0.15, -0.1) is 11.3 Å². The number of rotatable bonds is 5.